The second kappa shape index (κ2) is 9.00. The van der Waals surface area contributed by atoms with Crippen molar-refractivity contribution in [1.82, 2.24) is 0 Å². The van der Waals surface area contributed by atoms with Gasteiger partial charge in [0.05, 0.1) is 11.3 Å². The van der Waals surface area contributed by atoms with Gasteiger partial charge in [-0.3, -0.25) is 9.59 Å². The smallest absolute Gasteiger partial charge is 0.197 e. The molecule has 0 N–H and O–H groups in total. The average Bonchev–Trinajstić information content (AvgIpc) is 3.47. The molecule has 0 unspecified atom stereocenters. The number of fused-ring (bicyclic) bond motifs is 4. The standard InChI is InChI=1S/C38H23NO2/c40-37-30-14-7-8-15-31(30)38(41)34(37)23-24-18-19-27-29-20-21-35(32-17-9-16-28(36(29)32)33(27)22-24)39(25-10-3-1-4-11-25)26-12-5-2-6-13-26/h1-23H. The van der Waals surface area contributed by atoms with E-state index in [-0.39, 0.29) is 17.1 Å². The lowest BCUT2D eigenvalue weighted by Crippen LogP contribution is -2.10. The zero-order valence-electron chi connectivity index (χ0n) is 22.0. The van der Waals surface area contributed by atoms with Gasteiger partial charge in [0, 0.05) is 27.9 Å². The minimum Gasteiger partial charge on any atom is -0.310 e. The normalized spacial score (nSPS) is 12.9. The number of nitrogens with zero attached hydrogens (tertiary/aromatic N) is 1. The Morgan fingerprint density at radius 3 is 1.68 bits per heavy atom. The summed E-state index contributed by atoms with van der Waals surface area (Å²) in [6.45, 7) is 0. The summed E-state index contributed by atoms with van der Waals surface area (Å²) in [6.07, 6.45) is 1.74. The summed E-state index contributed by atoms with van der Waals surface area (Å²) in [7, 11) is 0. The van der Waals surface area contributed by atoms with E-state index < -0.39 is 0 Å². The highest BCUT2D eigenvalue weighted by atomic mass is 16.2. The summed E-state index contributed by atoms with van der Waals surface area (Å²) in [5, 5.41) is 2.38. The van der Waals surface area contributed by atoms with E-state index in [0.717, 1.165) is 39.3 Å². The Hall–Kier alpha value is -5.54. The number of allylic oxidation sites excluding steroid dienone is 1. The van der Waals surface area contributed by atoms with Crippen LogP contribution in [0.1, 0.15) is 26.3 Å². The number of carbonyl (C=O) groups excluding carboxylic acids is 2. The average molecular weight is 526 g/mol. The van der Waals surface area contributed by atoms with Crippen LogP contribution in [0.4, 0.5) is 17.1 Å². The molecule has 0 amide bonds. The largest absolute Gasteiger partial charge is 0.310 e. The lowest BCUT2D eigenvalue weighted by atomic mass is 9.99. The zero-order chi connectivity index (χ0) is 27.5. The van der Waals surface area contributed by atoms with Crippen molar-refractivity contribution in [3.8, 4) is 22.3 Å². The minimum absolute atomic E-state index is 0.206. The molecule has 0 saturated heterocycles. The lowest BCUT2D eigenvalue weighted by molar-refractivity contribution is 0.0990. The number of ketones is 2. The lowest BCUT2D eigenvalue weighted by Gasteiger charge is -2.27. The second-order valence-electron chi connectivity index (χ2n) is 10.4. The number of benzene rings is 6. The van der Waals surface area contributed by atoms with Gasteiger partial charge in [0.15, 0.2) is 11.6 Å². The molecule has 6 aromatic carbocycles. The maximum atomic E-state index is 13.0. The fraction of sp³-hybridized carbons (Fsp3) is 0. The predicted molar refractivity (Wildman–Crippen MR) is 166 cm³/mol. The van der Waals surface area contributed by atoms with Crippen LogP contribution in [0.25, 0.3) is 39.1 Å². The fourth-order valence-corrected chi connectivity index (χ4v) is 6.30. The number of carbonyl (C=O) groups is 2. The molecule has 41 heavy (non-hydrogen) atoms. The van der Waals surface area contributed by atoms with Crippen molar-refractivity contribution in [3.63, 3.8) is 0 Å². The number of hydrogen-bond donors (Lipinski definition) is 0. The molecule has 0 heterocycles. The van der Waals surface area contributed by atoms with E-state index in [0.29, 0.717) is 11.1 Å². The molecule has 0 radical (unpaired) electrons. The van der Waals surface area contributed by atoms with Crippen molar-refractivity contribution < 1.29 is 9.59 Å². The van der Waals surface area contributed by atoms with Crippen molar-refractivity contribution in [2.45, 2.75) is 0 Å². The van der Waals surface area contributed by atoms with Crippen molar-refractivity contribution in [2.75, 3.05) is 4.90 Å². The molecular formula is C38H23NO2. The molecule has 0 aromatic heterocycles. The summed E-state index contributed by atoms with van der Waals surface area (Å²) in [4.78, 5) is 28.3. The maximum Gasteiger partial charge on any atom is 0.197 e. The highest BCUT2D eigenvalue weighted by Crippen LogP contribution is 2.51. The van der Waals surface area contributed by atoms with Crippen LogP contribution in [0.5, 0.6) is 0 Å². The molecule has 0 bridgehead atoms. The first kappa shape index (κ1) is 23.4. The topological polar surface area (TPSA) is 37.4 Å². The first-order chi connectivity index (χ1) is 20.2. The van der Waals surface area contributed by atoms with Crippen LogP contribution in [0.2, 0.25) is 0 Å². The summed E-state index contributed by atoms with van der Waals surface area (Å²) >= 11 is 0. The Morgan fingerprint density at radius 2 is 1.02 bits per heavy atom. The first-order valence-electron chi connectivity index (χ1n) is 13.7. The summed E-state index contributed by atoms with van der Waals surface area (Å²) in [5.41, 5.74) is 9.94. The fourth-order valence-electron chi connectivity index (χ4n) is 6.30. The molecule has 0 saturated carbocycles. The molecule has 2 aliphatic carbocycles. The van der Waals surface area contributed by atoms with Gasteiger partial charge in [-0.2, -0.15) is 0 Å². The third kappa shape index (κ3) is 3.53. The number of hydrogen-bond acceptors (Lipinski definition) is 3. The van der Waals surface area contributed by atoms with Crippen LogP contribution in [-0.2, 0) is 0 Å². The van der Waals surface area contributed by atoms with Crippen LogP contribution in [0.3, 0.4) is 0 Å². The van der Waals surface area contributed by atoms with Crippen molar-refractivity contribution >= 4 is 45.5 Å². The summed E-state index contributed by atoms with van der Waals surface area (Å²) < 4.78 is 0. The summed E-state index contributed by atoms with van der Waals surface area (Å²) in [6, 6.07) is 45.0. The molecule has 0 atom stereocenters. The number of para-hydroxylation sites is 2. The molecular weight excluding hydrogens is 502 g/mol. The van der Waals surface area contributed by atoms with Gasteiger partial charge < -0.3 is 4.90 Å². The first-order valence-corrected chi connectivity index (χ1v) is 13.7. The van der Waals surface area contributed by atoms with Gasteiger partial charge in [-0.1, -0.05) is 97.1 Å². The molecule has 3 nitrogen and oxygen atoms in total. The molecule has 192 valence electrons. The highest BCUT2D eigenvalue weighted by molar-refractivity contribution is 6.41. The molecule has 8 rings (SSSR count). The van der Waals surface area contributed by atoms with Crippen LogP contribution in [0, 0.1) is 0 Å². The van der Waals surface area contributed by atoms with Crippen LogP contribution < -0.4 is 4.90 Å². The van der Waals surface area contributed by atoms with Gasteiger partial charge in [-0.05, 0) is 75.7 Å². The Kier molecular flexibility index (Phi) is 5.13. The quantitative estimate of drug-likeness (QED) is 0.170. The molecule has 3 heteroatoms. The van der Waals surface area contributed by atoms with Crippen LogP contribution in [-0.4, -0.2) is 11.6 Å². The third-order valence-corrected chi connectivity index (χ3v) is 8.13. The van der Waals surface area contributed by atoms with E-state index in [1.54, 1.807) is 30.3 Å². The molecule has 2 aliphatic rings. The van der Waals surface area contributed by atoms with Gasteiger partial charge in [0.25, 0.3) is 0 Å². The second-order valence-corrected chi connectivity index (χ2v) is 10.4. The SMILES string of the molecule is O=C1C(=Cc2ccc3c(c2)-c2cccc4c(N(c5ccccc5)c5ccccc5)ccc-3c24)C(=O)c2ccccc21. The molecule has 0 fully saturated rings. The monoisotopic (exact) mass is 525 g/mol. The Balaban J connectivity index is 1.27. The van der Waals surface area contributed by atoms with Crippen molar-refractivity contribution in [2.24, 2.45) is 0 Å². The highest BCUT2D eigenvalue weighted by Gasteiger charge is 2.33. The van der Waals surface area contributed by atoms with E-state index in [1.807, 2.05) is 18.2 Å². The van der Waals surface area contributed by atoms with Gasteiger partial charge in [0.1, 0.15) is 0 Å². The molecule has 6 aromatic rings. The molecule has 0 spiro atoms. The van der Waals surface area contributed by atoms with Crippen molar-refractivity contribution in [3.05, 3.63) is 156 Å². The van der Waals surface area contributed by atoms with Crippen LogP contribution in [0.15, 0.2) is 139 Å². The van der Waals surface area contributed by atoms with E-state index in [2.05, 4.69) is 95.9 Å². The van der Waals surface area contributed by atoms with E-state index in [1.165, 1.54) is 16.3 Å². The number of rotatable bonds is 4. The van der Waals surface area contributed by atoms with Crippen LogP contribution >= 0.6 is 0 Å². The van der Waals surface area contributed by atoms with Crippen molar-refractivity contribution in [1.29, 1.82) is 0 Å². The van der Waals surface area contributed by atoms with E-state index in [9.17, 15) is 9.59 Å². The minimum atomic E-state index is -0.206. The Bertz CT molecular complexity index is 2000. The Morgan fingerprint density at radius 1 is 0.463 bits per heavy atom. The number of Topliss-reactive ketones (excluding diaryl/α,β-unsaturated/α-hetero) is 2. The van der Waals surface area contributed by atoms with Gasteiger partial charge in [0.2, 0.25) is 0 Å². The molecule has 0 aliphatic heterocycles. The van der Waals surface area contributed by atoms with E-state index in [4.69, 9.17) is 0 Å². The summed E-state index contributed by atoms with van der Waals surface area (Å²) in [5.74, 6) is -0.411. The van der Waals surface area contributed by atoms with Gasteiger partial charge in [-0.25, -0.2) is 0 Å². The zero-order valence-corrected chi connectivity index (χ0v) is 22.0. The van der Waals surface area contributed by atoms with Gasteiger partial charge >= 0.3 is 0 Å². The third-order valence-electron chi connectivity index (χ3n) is 8.13. The van der Waals surface area contributed by atoms with Gasteiger partial charge in [-0.15, -0.1) is 0 Å². The Labute approximate surface area is 237 Å². The number of anilines is 3. The van der Waals surface area contributed by atoms with E-state index >= 15 is 0 Å². The maximum absolute atomic E-state index is 13.0. The predicted octanol–water partition coefficient (Wildman–Crippen LogP) is 9.42.